The Morgan fingerprint density at radius 3 is 2.70 bits per heavy atom. The number of carbonyl (C=O) groups is 1. The van der Waals surface area contributed by atoms with Crippen molar-refractivity contribution in [1.29, 1.82) is 0 Å². The maximum atomic E-state index is 12.5. The van der Waals surface area contributed by atoms with Gasteiger partial charge in [-0.15, -0.1) is 0 Å². The minimum absolute atomic E-state index is 0.0415. The van der Waals surface area contributed by atoms with Gasteiger partial charge in [-0.2, -0.15) is 5.10 Å². The lowest BCUT2D eigenvalue weighted by molar-refractivity contribution is -0.119. The molecule has 1 atom stereocenters. The number of aromatic hydroxyl groups is 1. The first-order valence-corrected chi connectivity index (χ1v) is 10.1. The summed E-state index contributed by atoms with van der Waals surface area (Å²) in [5, 5.41) is 21.5. The van der Waals surface area contributed by atoms with Crippen molar-refractivity contribution in [2.75, 3.05) is 32.0 Å². The maximum absolute atomic E-state index is 12.5. The number of hydrogen-bond donors (Lipinski definition) is 3. The fraction of sp³-hybridized carbons (Fsp3) is 0.273. The molecule has 3 N–H and O–H groups in total. The molecule has 0 bridgehead atoms. The summed E-state index contributed by atoms with van der Waals surface area (Å²) in [6, 6.07) is 12.3. The van der Waals surface area contributed by atoms with Crippen LogP contribution in [0.5, 0.6) is 5.75 Å². The molecule has 1 amide bonds. The van der Waals surface area contributed by atoms with Gasteiger partial charge in [-0.05, 0) is 42.9 Å². The lowest BCUT2D eigenvalue weighted by Gasteiger charge is -2.29. The van der Waals surface area contributed by atoms with Gasteiger partial charge in [0.15, 0.2) is 0 Å². The molecule has 156 valence electrons. The van der Waals surface area contributed by atoms with Crippen LogP contribution in [0.15, 0.2) is 48.7 Å². The number of phenolic OH excluding ortho intramolecular Hbond substituents is 1. The van der Waals surface area contributed by atoms with Crippen molar-refractivity contribution in [3.8, 4) is 28.1 Å². The molecule has 1 aliphatic rings. The summed E-state index contributed by atoms with van der Waals surface area (Å²) in [7, 11) is 3.84. The molecule has 30 heavy (non-hydrogen) atoms. The van der Waals surface area contributed by atoms with Crippen LogP contribution in [0, 0.1) is 0 Å². The van der Waals surface area contributed by atoms with Crippen molar-refractivity contribution in [2.45, 2.75) is 6.04 Å². The van der Waals surface area contributed by atoms with Crippen molar-refractivity contribution >= 4 is 23.2 Å². The van der Waals surface area contributed by atoms with Gasteiger partial charge >= 0.3 is 0 Å². The van der Waals surface area contributed by atoms with Crippen LogP contribution in [0.25, 0.3) is 22.4 Å². The molecule has 3 aromatic rings. The zero-order valence-corrected chi connectivity index (χ0v) is 17.6. The number of anilines is 1. The first-order valence-electron chi connectivity index (χ1n) is 9.76. The van der Waals surface area contributed by atoms with Gasteiger partial charge in [-0.25, -0.2) is 0 Å². The molecule has 2 aromatic carbocycles. The molecule has 7 nitrogen and oxygen atoms in total. The second-order valence-corrected chi connectivity index (χ2v) is 8.00. The Balaban J connectivity index is 1.56. The minimum atomic E-state index is -0.223. The number of piperazine rings is 1. The average Bonchev–Trinajstić information content (AvgIpc) is 3.12. The summed E-state index contributed by atoms with van der Waals surface area (Å²) < 4.78 is 1.70. The van der Waals surface area contributed by atoms with Crippen LogP contribution in [0.3, 0.4) is 0 Å². The summed E-state index contributed by atoms with van der Waals surface area (Å²) in [5.41, 5.74) is 3.73. The molecule has 0 unspecified atom stereocenters. The highest BCUT2D eigenvalue weighted by molar-refractivity contribution is 6.31. The Kier molecular flexibility index (Phi) is 5.76. The van der Waals surface area contributed by atoms with Crippen molar-refractivity contribution in [3.05, 3.63) is 53.7 Å². The number of hydrogen-bond acceptors (Lipinski definition) is 5. The van der Waals surface area contributed by atoms with E-state index >= 15 is 0 Å². The predicted molar refractivity (Wildman–Crippen MR) is 119 cm³/mol. The Morgan fingerprint density at radius 2 is 1.97 bits per heavy atom. The van der Waals surface area contributed by atoms with Gasteiger partial charge in [-0.3, -0.25) is 9.48 Å². The van der Waals surface area contributed by atoms with Crippen LogP contribution in [0.2, 0.25) is 5.02 Å². The van der Waals surface area contributed by atoms with Gasteiger partial charge in [0, 0.05) is 54.7 Å². The van der Waals surface area contributed by atoms with E-state index in [-0.39, 0.29) is 17.7 Å². The van der Waals surface area contributed by atoms with E-state index in [9.17, 15) is 9.90 Å². The van der Waals surface area contributed by atoms with E-state index in [1.807, 2.05) is 44.6 Å². The van der Waals surface area contributed by atoms with Crippen LogP contribution in [-0.2, 0) is 11.8 Å². The lowest BCUT2D eigenvalue weighted by atomic mass is 10.0. The van der Waals surface area contributed by atoms with E-state index < -0.39 is 0 Å². The predicted octanol–water partition coefficient (Wildman–Crippen LogP) is 2.96. The second-order valence-electron chi connectivity index (χ2n) is 7.56. The van der Waals surface area contributed by atoms with Gasteiger partial charge in [0.25, 0.3) is 0 Å². The molecule has 0 radical (unpaired) electrons. The number of amides is 1. The van der Waals surface area contributed by atoms with Crippen LogP contribution in [-0.4, -0.2) is 58.4 Å². The number of carbonyl (C=O) groups excluding carboxylic acids is 1. The largest absolute Gasteiger partial charge is 0.507 e. The van der Waals surface area contributed by atoms with Gasteiger partial charge in [0.2, 0.25) is 5.91 Å². The van der Waals surface area contributed by atoms with Crippen LogP contribution < -0.4 is 10.6 Å². The summed E-state index contributed by atoms with van der Waals surface area (Å²) in [6.45, 7) is 2.42. The second kappa shape index (κ2) is 8.47. The maximum Gasteiger partial charge on any atom is 0.242 e. The third-order valence-electron chi connectivity index (χ3n) is 5.20. The zero-order valence-electron chi connectivity index (χ0n) is 16.9. The molecule has 1 aromatic heterocycles. The Bertz CT molecular complexity index is 1060. The number of nitrogens with one attached hydrogen (secondary N) is 2. The van der Waals surface area contributed by atoms with E-state index in [0.717, 1.165) is 29.9 Å². The molecule has 0 spiro atoms. The quantitative estimate of drug-likeness (QED) is 0.598. The van der Waals surface area contributed by atoms with E-state index in [2.05, 4.69) is 20.6 Å². The average molecular weight is 426 g/mol. The summed E-state index contributed by atoms with van der Waals surface area (Å²) in [6.07, 6.45) is 1.89. The number of likely N-dealkylation sites (N-methyl/N-ethyl adjacent to an activating group) is 1. The highest BCUT2D eigenvalue weighted by Crippen LogP contribution is 2.37. The van der Waals surface area contributed by atoms with Crippen LogP contribution >= 0.6 is 11.6 Å². The number of phenols is 1. The SMILES string of the molecule is CN1CCN[C@H](C(=O)Nc2ccc(-c3cn(C)nc3-c3cc(Cl)ccc3O)cc2)C1. The van der Waals surface area contributed by atoms with Crippen LogP contribution in [0.4, 0.5) is 5.69 Å². The number of nitrogens with zero attached hydrogens (tertiary/aromatic N) is 3. The fourth-order valence-corrected chi connectivity index (χ4v) is 3.80. The minimum Gasteiger partial charge on any atom is -0.507 e. The third-order valence-corrected chi connectivity index (χ3v) is 5.44. The van der Waals surface area contributed by atoms with Gasteiger partial charge < -0.3 is 20.6 Å². The molecule has 1 fully saturated rings. The molecule has 1 saturated heterocycles. The third kappa shape index (κ3) is 4.33. The Hall–Kier alpha value is -2.87. The first kappa shape index (κ1) is 20.4. The summed E-state index contributed by atoms with van der Waals surface area (Å²) in [4.78, 5) is 14.7. The number of aromatic nitrogens is 2. The monoisotopic (exact) mass is 425 g/mol. The highest BCUT2D eigenvalue weighted by Gasteiger charge is 2.23. The number of halogens is 1. The topological polar surface area (TPSA) is 82.4 Å². The van der Waals surface area contributed by atoms with Crippen molar-refractivity contribution < 1.29 is 9.90 Å². The highest BCUT2D eigenvalue weighted by atomic mass is 35.5. The smallest absolute Gasteiger partial charge is 0.242 e. The van der Waals surface area contributed by atoms with Crippen molar-refractivity contribution in [3.63, 3.8) is 0 Å². The molecule has 1 aliphatic heterocycles. The van der Waals surface area contributed by atoms with E-state index in [4.69, 9.17) is 11.6 Å². The van der Waals surface area contributed by atoms with E-state index in [1.54, 1.807) is 22.9 Å². The number of benzene rings is 2. The molecule has 8 heteroatoms. The summed E-state index contributed by atoms with van der Waals surface area (Å²) >= 11 is 6.12. The fourth-order valence-electron chi connectivity index (χ4n) is 3.63. The summed E-state index contributed by atoms with van der Waals surface area (Å²) in [5.74, 6) is 0.0772. The van der Waals surface area contributed by atoms with Gasteiger partial charge in [0.05, 0.1) is 6.04 Å². The molecular formula is C22H24ClN5O2. The Morgan fingerprint density at radius 1 is 1.20 bits per heavy atom. The zero-order chi connectivity index (χ0) is 21.3. The molecule has 0 aliphatic carbocycles. The molecule has 2 heterocycles. The molecule has 0 saturated carbocycles. The number of aryl methyl sites for hydroxylation is 1. The van der Waals surface area contributed by atoms with E-state index in [0.29, 0.717) is 22.8 Å². The molecular weight excluding hydrogens is 402 g/mol. The first-order chi connectivity index (χ1) is 14.4. The van der Waals surface area contributed by atoms with Crippen molar-refractivity contribution in [1.82, 2.24) is 20.0 Å². The van der Waals surface area contributed by atoms with Gasteiger partial charge in [0.1, 0.15) is 11.4 Å². The Labute approximate surface area is 180 Å². The standard InChI is InChI=1S/C22H24ClN5O2/c1-27-10-9-24-19(13-27)22(30)25-16-6-3-14(4-7-16)18-12-28(2)26-21(18)17-11-15(23)5-8-20(17)29/h3-8,11-12,19,24,29H,9-10,13H2,1-2H3,(H,25,30)/t19-/m0/s1. The van der Waals surface area contributed by atoms with Gasteiger partial charge in [-0.1, -0.05) is 23.7 Å². The van der Waals surface area contributed by atoms with E-state index in [1.165, 1.54) is 0 Å². The van der Waals surface area contributed by atoms with Crippen molar-refractivity contribution in [2.24, 2.45) is 7.05 Å². The molecule has 4 rings (SSSR count). The van der Waals surface area contributed by atoms with Crippen LogP contribution in [0.1, 0.15) is 0 Å². The normalized spacial score (nSPS) is 17.1. The number of rotatable bonds is 4. The lowest BCUT2D eigenvalue weighted by Crippen LogP contribution is -2.54.